The molecule has 3 aromatic rings. The standard InChI is InChI=1S/C21H19ClFN3O2/c1-28-20-7-6-16(11-18(20)22)26-21(27)15-10-17(13-24-12-15)25-9-8-14-4-2-3-5-19(14)23/h2-7,10-13,25H,8-9H2,1H3,(H,26,27). The number of hydrogen-bond acceptors (Lipinski definition) is 4. The molecule has 144 valence electrons. The van der Waals surface area contributed by atoms with E-state index in [0.29, 0.717) is 46.2 Å². The number of halogens is 2. The first-order valence-electron chi connectivity index (χ1n) is 8.64. The molecule has 1 heterocycles. The molecule has 1 amide bonds. The molecule has 1 aromatic heterocycles. The van der Waals surface area contributed by atoms with E-state index in [-0.39, 0.29) is 11.7 Å². The number of anilines is 2. The molecule has 7 heteroatoms. The molecule has 0 spiro atoms. The molecule has 0 aliphatic rings. The zero-order chi connectivity index (χ0) is 19.9. The monoisotopic (exact) mass is 399 g/mol. The number of methoxy groups -OCH3 is 1. The quantitative estimate of drug-likeness (QED) is 0.599. The minimum atomic E-state index is -0.313. The summed E-state index contributed by atoms with van der Waals surface area (Å²) in [6.07, 6.45) is 3.61. The van der Waals surface area contributed by atoms with Crippen molar-refractivity contribution in [2.75, 3.05) is 24.3 Å². The van der Waals surface area contributed by atoms with Gasteiger partial charge in [-0.05, 0) is 42.3 Å². The fourth-order valence-corrected chi connectivity index (χ4v) is 2.91. The molecular weight excluding hydrogens is 381 g/mol. The number of benzene rings is 2. The number of amides is 1. The van der Waals surface area contributed by atoms with Crippen molar-refractivity contribution in [3.8, 4) is 5.75 Å². The fraction of sp³-hybridized carbons (Fsp3) is 0.143. The van der Waals surface area contributed by atoms with Crippen molar-refractivity contribution >= 4 is 28.9 Å². The lowest BCUT2D eigenvalue weighted by atomic mass is 10.1. The van der Waals surface area contributed by atoms with Gasteiger partial charge in [0.1, 0.15) is 11.6 Å². The van der Waals surface area contributed by atoms with E-state index in [1.54, 1.807) is 48.7 Å². The third-order valence-corrected chi connectivity index (χ3v) is 4.39. The predicted molar refractivity (Wildman–Crippen MR) is 109 cm³/mol. The van der Waals surface area contributed by atoms with Gasteiger partial charge in [0.05, 0.1) is 23.4 Å². The van der Waals surface area contributed by atoms with Crippen LogP contribution in [0.3, 0.4) is 0 Å². The number of nitrogens with zero attached hydrogens (tertiary/aromatic N) is 1. The molecule has 2 N–H and O–H groups in total. The number of pyridine rings is 1. The number of ether oxygens (including phenoxy) is 1. The van der Waals surface area contributed by atoms with Crippen LogP contribution in [0.15, 0.2) is 60.9 Å². The lowest BCUT2D eigenvalue weighted by molar-refractivity contribution is 0.102. The number of carbonyl (C=O) groups is 1. The topological polar surface area (TPSA) is 63.2 Å². The van der Waals surface area contributed by atoms with Crippen LogP contribution in [-0.4, -0.2) is 24.5 Å². The van der Waals surface area contributed by atoms with Gasteiger partial charge in [-0.15, -0.1) is 0 Å². The Hall–Kier alpha value is -3.12. The van der Waals surface area contributed by atoms with Gasteiger partial charge in [-0.3, -0.25) is 9.78 Å². The molecule has 5 nitrogen and oxygen atoms in total. The lowest BCUT2D eigenvalue weighted by Gasteiger charge is -2.10. The molecule has 0 saturated carbocycles. The molecular formula is C21H19ClFN3O2. The van der Waals surface area contributed by atoms with Crippen molar-refractivity contribution in [1.29, 1.82) is 0 Å². The second kappa shape index (κ2) is 9.19. The molecule has 0 aliphatic carbocycles. The van der Waals surface area contributed by atoms with Crippen LogP contribution in [0.2, 0.25) is 5.02 Å². The van der Waals surface area contributed by atoms with Crippen molar-refractivity contribution < 1.29 is 13.9 Å². The van der Waals surface area contributed by atoms with Crippen LogP contribution in [0.5, 0.6) is 5.75 Å². The zero-order valence-corrected chi connectivity index (χ0v) is 16.0. The maximum atomic E-state index is 13.7. The summed E-state index contributed by atoms with van der Waals surface area (Å²) in [5.41, 5.74) is 2.25. The fourth-order valence-electron chi connectivity index (χ4n) is 2.65. The van der Waals surface area contributed by atoms with E-state index in [0.717, 1.165) is 0 Å². The summed E-state index contributed by atoms with van der Waals surface area (Å²) in [6.45, 7) is 0.516. The highest BCUT2D eigenvalue weighted by molar-refractivity contribution is 6.32. The van der Waals surface area contributed by atoms with Gasteiger partial charge < -0.3 is 15.4 Å². The molecule has 0 saturated heterocycles. The van der Waals surface area contributed by atoms with E-state index in [1.165, 1.54) is 19.4 Å². The lowest BCUT2D eigenvalue weighted by Crippen LogP contribution is -2.13. The highest BCUT2D eigenvalue weighted by Crippen LogP contribution is 2.27. The van der Waals surface area contributed by atoms with E-state index < -0.39 is 0 Å². The van der Waals surface area contributed by atoms with Gasteiger partial charge in [0.2, 0.25) is 0 Å². The summed E-state index contributed by atoms with van der Waals surface area (Å²) in [6, 6.07) is 13.3. The first-order valence-corrected chi connectivity index (χ1v) is 9.02. The highest BCUT2D eigenvalue weighted by atomic mass is 35.5. The van der Waals surface area contributed by atoms with Crippen LogP contribution in [0, 0.1) is 5.82 Å². The average molecular weight is 400 g/mol. The van der Waals surface area contributed by atoms with E-state index in [4.69, 9.17) is 16.3 Å². The molecule has 0 fully saturated rings. The van der Waals surface area contributed by atoms with Crippen LogP contribution in [0.1, 0.15) is 15.9 Å². The number of rotatable bonds is 7. The number of aromatic nitrogens is 1. The van der Waals surface area contributed by atoms with Crippen LogP contribution in [0.25, 0.3) is 0 Å². The Morgan fingerprint density at radius 2 is 1.96 bits per heavy atom. The number of carbonyl (C=O) groups excluding carboxylic acids is 1. The van der Waals surface area contributed by atoms with Crippen LogP contribution >= 0.6 is 11.6 Å². The van der Waals surface area contributed by atoms with Crippen molar-refractivity contribution in [2.24, 2.45) is 0 Å². The van der Waals surface area contributed by atoms with Crippen molar-refractivity contribution in [3.63, 3.8) is 0 Å². The van der Waals surface area contributed by atoms with Gasteiger partial charge in [-0.1, -0.05) is 29.8 Å². The summed E-state index contributed by atoms with van der Waals surface area (Å²) in [4.78, 5) is 16.6. The highest BCUT2D eigenvalue weighted by Gasteiger charge is 2.10. The maximum absolute atomic E-state index is 13.7. The number of hydrogen-bond donors (Lipinski definition) is 2. The second-order valence-electron chi connectivity index (χ2n) is 6.03. The first kappa shape index (κ1) is 19.6. The van der Waals surface area contributed by atoms with Crippen LogP contribution in [0.4, 0.5) is 15.8 Å². The van der Waals surface area contributed by atoms with Gasteiger partial charge in [-0.25, -0.2) is 4.39 Å². The third kappa shape index (κ3) is 4.98. The summed E-state index contributed by atoms with van der Waals surface area (Å²) >= 11 is 6.08. The van der Waals surface area contributed by atoms with Crippen molar-refractivity contribution in [1.82, 2.24) is 4.98 Å². The van der Waals surface area contributed by atoms with Crippen molar-refractivity contribution in [3.05, 3.63) is 82.9 Å². The van der Waals surface area contributed by atoms with E-state index in [9.17, 15) is 9.18 Å². The normalized spacial score (nSPS) is 10.4. The van der Waals surface area contributed by atoms with Gasteiger partial charge in [0.25, 0.3) is 5.91 Å². The molecule has 3 rings (SSSR count). The Kier molecular flexibility index (Phi) is 6.45. The van der Waals surface area contributed by atoms with Gasteiger partial charge in [-0.2, -0.15) is 0 Å². The minimum absolute atomic E-state index is 0.228. The summed E-state index contributed by atoms with van der Waals surface area (Å²) in [5, 5.41) is 6.33. The second-order valence-corrected chi connectivity index (χ2v) is 6.44. The van der Waals surface area contributed by atoms with Crippen LogP contribution < -0.4 is 15.4 Å². The van der Waals surface area contributed by atoms with E-state index in [2.05, 4.69) is 15.6 Å². The summed E-state index contributed by atoms with van der Waals surface area (Å²) in [7, 11) is 1.52. The Labute approximate surface area is 167 Å². The smallest absolute Gasteiger partial charge is 0.257 e. The largest absolute Gasteiger partial charge is 0.495 e. The zero-order valence-electron chi connectivity index (χ0n) is 15.2. The van der Waals surface area contributed by atoms with Gasteiger partial charge >= 0.3 is 0 Å². The average Bonchev–Trinajstić information content (AvgIpc) is 2.70. The van der Waals surface area contributed by atoms with Gasteiger partial charge in [0.15, 0.2) is 0 Å². The molecule has 2 aromatic carbocycles. The molecule has 28 heavy (non-hydrogen) atoms. The molecule has 0 atom stereocenters. The Balaban J connectivity index is 1.61. The van der Waals surface area contributed by atoms with E-state index in [1.807, 2.05) is 0 Å². The Morgan fingerprint density at radius 3 is 2.71 bits per heavy atom. The first-order chi connectivity index (χ1) is 13.6. The summed E-state index contributed by atoms with van der Waals surface area (Å²) < 4.78 is 18.8. The van der Waals surface area contributed by atoms with Gasteiger partial charge in [0, 0.05) is 24.6 Å². The summed E-state index contributed by atoms with van der Waals surface area (Å²) in [5.74, 6) is -0.0115. The molecule has 0 unspecified atom stereocenters. The minimum Gasteiger partial charge on any atom is -0.495 e. The Morgan fingerprint density at radius 1 is 1.14 bits per heavy atom. The molecule has 0 radical (unpaired) electrons. The van der Waals surface area contributed by atoms with Crippen LogP contribution in [-0.2, 0) is 6.42 Å². The number of nitrogens with one attached hydrogen (secondary N) is 2. The van der Waals surface area contributed by atoms with E-state index >= 15 is 0 Å². The predicted octanol–water partition coefficient (Wildman–Crippen LogP) is 4.79. The third-order valence-electron chi connectivity index (χ3n) is 4.09. The molecule has 0 aliphatic heterocycles. The SMILES string of the molecule is COc1ccc(NC(=O)c2cncc(NCCc3ccccc3F)c2)cc1Cl. The Bertz CT molecular complexity index is 981. The maximum Gasteiger partial charge on any atom is 0.257 e. The molecule has 0 bridgehead atoms. The van der Waals surface area contributed by atoms with Crippen molar-refractivity contribution in [2.45, 2.75) is 6.42 Å².